The molecule has 21 heavy (non-hydrogen) atoms. The average Bonchev–Trinajstić information content (AvgIpc) is 2.99. The molecule has 0 atom stereocenters. The molecule has 1 aliphatic heterocycles. The van der Waals surface area contributed by atoms with E-state index >= 15 is 0 Å². The van der Waals surface area contributed by atoms with Gasteiger partial charge >= 0.3 is 0 Å². The molecule has 0 spiro atoms. The number of nitrogens with zero attached hydrogens (tertiary/aromatic N) is 2. The van der Waals surface area contributed by atoms with Crippen LogP contribution in [0.2, 0.25) is 0 Å². The molecule has 1 aliphatic rings. The zero-order valence-electron chi connectivity index (χ0n) is 11.5. The molecule has 1 aromatic carbocycles. The lowest BCUT2D eigenvalue weighted by Crippen LogP contribution is -2.27. The highest BCUT2D eigenvalue weighted by molar-refractivity contribution is 8.18. The van der Waals surface area contributed by atoms with E-state index in [2.05, 4.69) is 0 Å². The molecular weight excluding hydrogens is 284 g/mol. The van der Waals surface area contributed by atoms with Gasteiger partial charge < -0.3 is 4.57 Å². The van der Waals surface area contributed by atoms with Crippen molar-refractivity contribution in [2.24, 2.45) is 7.05 Å². The topological polar surface area (TPSA) is 42.3 Å². The third-order valence-electron chi connectivity index (χ3n) is 3.21. The van der Waals surface area contributed by atoms with Crippen LogP contribution in [0.4, 0.5) is 4.79 Å². The van der Waals surface area contributed by atoms with Crippen molar-refractivity contribution in [1.29, 1.82) is 0 Å². The van der Waals surface area contributed by atoms with Crippen LogP contribution in [0.1, 0.15) is 11.1 Å². The van der Waals surface area contributed by atoms with Crippen molar-refractivity contribution >= 4 is 29.0 Å². The summed E-state index contributed by atoms with van der Waals surface area (Å²) < 4.78 is 1.90. The molecule has 1 fully saturated rings. The highest BCUT2D eigenvalue weighted by Crippen LogP contribution is 2.33. The minimum atomic E-state index is -0.224. The lowest BCUT2D eigenvalue weighted by atomic mass is 10.2. The maximum Gasteiger partial charge on any atom is 0.293 e. The minimum absolute atomic E-state index is 0.217. The number of benzene rings is 1. The van der Waals surface area contributed by atoms with Gasteiger partial charge in [-0.2, -0.15) is 0 Å². The van der Waals surface area contributed by atoms with Crippen molar-refractivity contribution < 1.29 is 9.59 Å². The summed E-state index contributed by atoms with van der Waals surface area (Å²) in [4.78, 5) is 26.1. The second-order valence-electron chi connectivity index (χ2n) is 4.86. The SMILES string of the molecule is Cn1ccc(/C=C2/SC(=O)N(Cc3ccccc3)C2=O)c1. The molecule has 0 bridgehead atoms. The van der Waals surface area contributed by atoms with Crippen molar-refractivity contribution in [3.05, 3.63) is 64.8 Å². The van der Waals surface area contributed by atoms with Gasteiger partial charge in [0, 0.05) is 19.4 Å². The molecule has 0 unspecified atom stereocenters. The molecule has 0 saturated carbocycles. The minimum Gasteiger partial charge on any atom is -0.357 e. The van der Waals surface area contributed by atoms with Crippen LogP contribution in [0, 0.1) is 0 Å². The van der Waals surface area contributed by atoms with E-state index in [1.54, 1.807) is 6.08 Å². The second kappa shape index (κ2) is 5.61. The molecule has 1 aromatic heterocycles. The number of amides is 2. The van der Waals surface area contributed by atoms with E-state index in [0.717, 1.165) is 22.9 Å². The van der Waals surface area contributed by atoms with Crippen molar-refractivity contribution in [2.45, 2.75) is 6.54 Å². The van der Waals surface area contributed by atoms with Gasteiger partial charge in [-0.15, -0.1) is 0 Å². The van der Waals surface area contributed by atoms with Crippen LogP contribution in [-0.2, 0) is 18.4 Å². The predicted octanol–water partition coefficient (Wildman–Crippen LogP) is 3.26. The Morgan fingerprint density at radius 1 is 1.14 bits per heavy atom. The van der Waals surface area contributed by atoms with E-state index in [1.807, 2.05) is 60.4 Å². The molecular formula is C16H14N2O2S. The Morgan fingerprint density at radius 2 is 1.90 bits per heavy atom. The molecule has 0 aliphatic carbocycles. The number of aryl methyl sites for hydroxylation is 1. The van der Waals surface area contributed by atoms with E-state index in [4.69, 9.17) is 0 Å². The van der Waals surface area contributed by atoms with Gasteiger partial charge in [0.1, 0.15) is 0 Å². The van der Waals surface area contributed by atoms with E-state index in [1.165, 1.54) is 4.90 Å². The van der Waals surface area contributed by atoms with Crippen LogP contribution in [0.25, 0.3) is 6.08 Å². The maximum atomic E-state index is 12.3. The molecule has 4 nitrogen and oxygen atoms in total. The smallest absolute Gasteiger partial charge is 0.293 e. The Hall–Kier alpha value is -2.27. The summed E-state index contributed by atoms with van der Waals surface area (Å²) in [6, 6.07) is 11.4. The van der Waals surface area contributed by atoms with Gasteiger partial charge in [-0.1, -0.05) is 30.3 Å². The van der Waals surface area contributed by atoms with Crippen LogP contribution in [0.3, 0.4) is 0 Å². The standard InChI is InChI=1S/C16H14N2O2S/c1-17-8-7-13(10-17)9-14-15(19)18(16(20)21-14)11-12-5-3-2-4-6-12/h2-10H,11H2,1H3/b14-9+. The first-order valence-electron chi connectivity index (χ1n) is 6.55. The fourth-order valence-electron chi connectivity index (χ4n) is 2.16. The first-order valence-corrected chi connectivity index (χ1v) is 7.36. The number of carbonyl (C=O) groups is 2. The summed E-state index contributed by atoms with van der Waals surface area (Å²) >= 11 is 0.994. The Morgan fingerprint density at radius 3 is 2.57 bits per heavy atom. The quantitative estimate of drug-likeness (QED) is 0.817. The number of aromatic nitrogens is 1. The van der Waals surface area contributed by atoms with Crippen LogP contribution in [-0.4, -0.2) is 20.6 Å². The molecule has 2 amide bonds. The van der Waals surface area contributed by atoms with Gasteiger partial charge in [0.15, 0.2) is 0 Å². The normalized spacial score (nSPS) is 17.0. The molecule has 3 rings (SSSR count). The van der Waals surface area contributed by atoms with Crippen LogP contribution >= 0.6 is 11.8 Å². The van der Waals surface area contributed by atoms with E-state index < -0.39 is 0 Å². The Kier molecular flexibility index (Phi) is 3.66. The molecule has 2 aromatic rings. The largest absolute Gasteiger partial charge is 0.357 e. The molecule has 5 heteroatoms. The Bertz CT molecular complexity index is 719. The zero-order valence-corrected chi connectivity index (χ0v) is 12.3. The number of thioether (sulfide) groups is 1. The first kappa shape index (κ1) is 13.7. The first-order chi connectivity index (χ1) is 10.1. The highest BCUT2D eigenvalue weighted by Gasteiger charge is 2.34. The molecule has 2 heterocycles. The summed E-state index contributed by atoms with van der Waals surface area (Å²) in [6.07, 6.45) is 5.57. The number of carbonyl (C=O) groups excluding carboxylic acids is 2. The summed E-state index contributed by atoms with van der Waals surface area (Å²) in [5.74, 6) is -0.224. The monoisotopic (exact) mass is 298 g/mol. The number of hydrogen-bond donors (Lipinski definition) is 0. The molecule has 106 valence electrons. The molecule has 0 N–H and O–H groups in total. The van der Waals surface area contributed by atoms with Crippen molar-refractivity contribution in [3.63, 3.8) is 0 Å². The summed E-state index contributed by atoms with van der Waals surface area (Å²) in [5.41, 5.74) is 1.86. The van der Waals surface area contributed by atoms with Gasteiger partial charge in [-0.3, -0.25) is 14.5 Å². The van der Waals surface area contributed by atoms with Gasteiger partial charge in [-0.25, -0.2) is 0 Å². The van der Waals surface area contributed by atoms with Crippen molar-refractivity contribution in [1.82, 2.24) is 9.47 Å². The summed E-state index contributed by atoms with van der Waals surface area (Å²) in [6.45, 7) is 0.317. The van der Waals surface area contributed by atoms with Crippen LogP contribution in [0.15, 0.2) is 53.7 Å². The predicted molar refractivity (Wildman–Crippen MR) is 83.4 cm³/mol. The molecule has 0 radical (unpaired) electrons. The zero-order chi connectivity index (χ0) is 14.8. The third-order valence-corrected chi connectivity index (χ3v) is 4.12. The summed E-state index contributed by atoms with van der Waals surface area (Å²) in [5, 5.41) is -0.217. The van der Waals surface area contributed by atoms with Gasteiger partial charge in [-0.05, 0) is 35.0 Å². The number of hydrogen-bond acceptors (Lipinski definition) is 3. The fraction of sp³-hybridized carbons (Fsp3) is 0.125. The van der Waals surface area contributed by atoms with Gasteiger partial charge in [0.2, 0.25) is 0 Å². The van der Waals surface area contributed by atoms with E-state index in [9.17, 15) is 9.59 Å². The summed E-state index contributed by atoms with van der Waals surface area (Å²) in [7, 11) is 1.92. The van der Waals surface area contributed by atoms with Crippen molar-refractivity contribution in [3.8, 4) is 0 Å². The molecule has 1 saturated heterocycles. The lowest BCUT2D eigenvalue weighted by molar-refractivity contribution is -0.123. The number of rotatable bonds is 3. The van der Waals surface area contributed by atoms with E-state index in [-0.39, 0.29) is 11.1 Å². The van der Waals surface area contributed by atoms with Gasteiger partial charge in [0.25, 0.3) is 11.1 Å². The highest BCUT2D eigenvalue weighted by atomic mass is 32.2. The van der Waals surface area contributed by atoms with Crippen LogP contribution in [0.5, 0.6) is 0 Å². The second-order valence-corrected chi connectivity index (χ2v) is 5.86. The van der Waals surface area contributed by atoms with Crippen molar-refractivity contribution in [2.75, 3.05) is 0 Å². The van der Waals surface area contributed by atoms with E-state index in [0.29, 0.717) is 11.4 Å². The van der Waals surface area contributed by atoms with Gasteiger partial charge in [0.05, 0.1) is 11.4 Å². The number of imide groups is 1. The Balaban J connectivity index is 1.81. The third kappa shape index (κ3) is 2.92. The fourth-order valence-corrected chi connectivity index (χ4v) is 3.00. The maximum absolute atomic E-state index is 12.3. The lowest BCUT2D eigenvalue weighted by Gasteiger charge is -2.11. The average molecular weight is 298 g/mol. The van der Waals surface area contributed by atoms with Crippen LogP contribution < -0.4 is 0 Å². The Labute approximate surface area is 127 Å².